The maximum atomic E-state index is 6.17. The normalized spacial score (nSPS) is 12.9. The fraction of sp³-hybridized carbons (Fsp3) is 0.500. The third-order valence-electron chi connectivity index (χ3n) is 2.10. The zero-order valence-electron chi connectivity index (χ0n) is 10.1. The van der Waals surface area contributed by atoms with E-state index in [0.29, 0.717) is 0 Å². The minimum absolute atomic E-state index is 0.189. The highest BCUT2D eigenvalue weighted by atomic mass is 79.9. The molecule has 0 radical (unpaired) electrons. The van der Waals surface area contributed by atoms with Gasteiger partial charge in [0.15, 0.2) is 8.32 Å². The molecule has 0 aromatic heterocycles. The van der Waals surface area contributed by atoms with Crippen molar-refractivity contribution in [2.45, 2.75) is 39.1 Å². The summed E-state index contributed by atoms with van der Waals surface area (Å²) >= 11 is 3.44. The molecule has 1 aromatic rings. The lowest BCUT2D eigenvalue weighted by Crippen LogP contribution is -2.36. The Balaban J connectivity index is 2.90. The number of rotatable bonds is 3. The zero-order valence-corrected chi connectivity index (χ0v) is 12.7. The molecular formula is C12H19BrOSi. The van der Waals surface area contributed by atoms with Gasteiger partial charge in [-0.25, -0.2) is 0 Å². The lowest BCUT2D eigenvalue weighted by molar-refractivity contribution is 0.1000. The molecule has 1 rings (SSSR count). The van der Waals surface area contributed by atoms with Crippen LogP contribution in [-0.4, -0.2) is 8.32 Å². The van der Waals surface area contributed by atoms with Gasteiger partial charge in [-0.2, -0.15) is 0 Å². The van der Waals surface area contributed by atoms with E-state index in [-0.39, 0.29) is 5.60 Å². The molecule has 0 aliphatic rings. The van der Waals surface area contributed by atoms with E-state index in [1.54, 1.807) is 0 Å². The summed E-state index contributed by atoms with van der Waals surface area (Å²) in [6, 6.07) is 8.35. The first-order valence-electron chi connectivity index (χ1n) is 5.17. The Morgan fingerprint density at radius 2 is 1.53 bits per heavy atom. The summed E-state index contributed by atoms with van der Waals surface area (Å²) in [5.74, 6) is 0. The fourth-order valence-corrected chi connectivity index (χ4v) is 3.59. The highest BCUT2D eigenvalue weighted by Crippen LogP contribution is 2.29. The van der Waals surface area contributed by atoms with Crippen molar-refractivity contribution in [3.63, 3.8) is 0 Å². The largest absolute Gasteiger partial charge is 0.409 e. The van der Waals surface area contributed by atoms with Crippen LogP contribution >= 0.6 is 15.9 Å². The van der Waals surface area contributed by atoms with Gasteiger partial charge in [-0.05, 0) is 51.2 Å². The van der Waals surface area contributed by atoms with Gasteiger partial charge in [-0.15, -0.1) is 0 Å². The van der Waals surface area contributed by atoms with Gasteiger partial charge < -0.3 is 4.43 Å². The van der Waals surface area contributed by atoms with Crippen LogP contribution in [-0.2, 0) is 10.0 Å². The molecule has 84 valence electrons. The van der Waals surface area contributed by atoms with E-state index < -0.39 is 8.32 Å². The first-order chi connectivity index (χ1) is 6.71. The minimum atomic E-state index is -1.50. The molecule has 0 unspecified atom stereocenters. The highest BCUT2D eigenvalue weighted by molar-refractivity contribution is 9.10. The van der Waals surface area contributed by atoms with Crippen molar-refractivity contribution < 1.29 is 4.43 Å². The molecule has 1 aromatic carbocycles. The van der Waals surface area contributed by atoms with Crippen molar-refractivity contribution in [3.05, 3.63) is 34.3 Å². The molecule has 0 aliphatic carbocycles. The van der Waals surface area contributed by atoms with Gasteiger partial charge in [0.05, 0.1) is 5.60 Å². The van der Waals surface area contributed by atoms with Crippen LogP contribution in [0.4, 0.5) is 0 Å². The van der Waals surface area contributed by atoms with Crippen molar-refractivity contribution in [2.24, 2.45) is 0 Å². The Kier molecular flexibility index (Phi) is 3.79. The standard InChI is InChI=1S/C12H19BrOSi/c1-12(2,14-15(3,4)5)10-6-8-11(13)9-7-10/h6-9H,1-5H3. The number of hydrogen-bond donors (Lipinski definition) is 0. The van der Waals surface area contributed by atoms with Crippen molar-refractivity contribution in [1.82, 2.24) is 0 Å². The molecule has 0 N–H and O–H groups in total. The van der Waals surface area contributed by atoms with Gasteiger partial charge in [0.2, 0.25) is 0 Å². The third kappa shape index (κ3) is 4.09. The number of hydrogen-bond acceptors (Lipinski definition) is 1. The predicted octanol–water partition coefficient (Wildman–Crippen LogP) is 4.54. The first-order valence-corrected chi connectivity index (χ1v) is 9.37. The third-order valence-corrected chi connectivity index (χ3v) is 3.75. The Morgan fingerprint density at radius 3 is 1.93 bits per heavy atom. The highest BCUT2D eigenvalue weighted by Gasteiger charge is 2.28. The molecule has 0 saturated carbocycles. The lowest BCUT2D eigenvalue weighted by atomic mass is 9.99. The number of benzene rings is 1. The van der Waals surface area contributed by atoms with E-state index >= 15 is 0 Å². The van der Waals surface area contributed by atoms with Crippen LogP contribution in [0.15, 0.2) is 28.7 Å². The molecule has 0 heterocycles. The maximum absolute atomic E-state index is 6.17. The first kappa shape index (κ1) is 12.9. The number of halogens is 1. The maximum Gasteiger partial charge on any atom is 0.184 e. The Hall–Kier alpha value is -0.123. The molecule has 0 bridgehead atoms. The topological polar surface area (TPSA) is 9.23 Å². The second-order valence-corrected chi connectivity index (χ2v) is 10.6. The van der Waals surface area contributed by atoms with Crippen molar-refractivity contribution in [1.29, 1.82) is 0 Å². The molecule has 0 atom stereocenters. The average molecular weight is 287 g/mol. The summed E-state index contributed by atoms with van der Waals surface area (Å²) in [6.45, 7) is 10.9. The molecule has 1 nitrogen and oxygen atoms in total. The van der Waals surface area contributed by atoms with Crippen molar-refractivity contribution in [3.8, 4) is 0 Å². The van der Waals surface area contributed by atoms with E-state index in [1.165, 1.54) is 5.56 Å². The Bertz CT molecular complexity index is 324. The van der Waals surface area contributed by atoms with Crippen LogP contribution in [0.1, 0.15) is 19.4 Å². The summed E-state index contributed by atoms with van der Waals surface area (Å²) < 4.78 is 7.28. The van der Waals surface area contributed by atoms with E-state index in [4.69, 9.17) is 4.43 Å². The summed E-state index contributed by atoms with van der Waals surface area (Å²) in [5.41, 5.74) is 1.04. The Morgan fingerprint density at radius 1 is 1.07 bits per heavy atom. The van der Waals surface area contributed by atoms with Gasteiger partial charge in [-0.3, -0.25) is 0 Å². The molecule has 0 amide bonds. The zero-order chi connectivity index (χ0) is 11.7. The minimum Gasteiger partial charge on any atom is -0.409 e. The van der Waals surface area contributed by atoms with E-state index in [0.717, 1.165) is 4.47 Å². The van der Waals surface area contributed by atoms with Crippen molar-refractivity contribution in [2.75, 3.05) is 0 Å². The Labute approximate surface area is 102 Å². The van der Waals surface area contributed by atoms with E-state index in [1.807, 2.05) is 0 Å². The van der Waals surface area contributed by atoms with Crippen molar-refractivity contribution >= 4 is 24.2 Å². The van der Waals surface area contributed by atoms with Crippen LogP contribution in [0.25, 0.3) is 0 Å². The molecule has 0 saturated heterocycles. The van der Waals surface area contributed by atoms with Crippen LogP contribution in [0, 0.1) is 0 Å². The quantitative estimate of drug-likeness (QED) is 0.742. The monoisotopic (exact) mass is 286 g/mol. The van der Waals surface area contributed by atoms with Gasteiger partial charge in [0.25, 0.3) is 0 Å². The van der Waals surface area contributed by atoms with E-state index in [9.17, 15) is 0 Å². The molecule has 15 heavy (non-hydrogen) atoms. The van der Waals surface area contributed by atoms with Crippen LogP contribution in [0.5, 0.6) is 0 Å². The fourth-order valence-electron chi connectivity index (χ4n) is 1.68. The molecule has 3 heteroatoms. The molecule has 0 fully saturated rings. The summed E-state index contributed by atoms with van der Waals surface area (Å²) in [5, 5.41) is 0. The van der Waals surface area contributed by atoms with Gasteiger partial charge in [-0.1, -0.05) is 28.1 Å². The second kappa shape index (κ2) is 4.40. The van der Waals surface area contributed by atoms with Crippen LogP contribution in [0.3, 0.4) is 0 Å². The molecule has 0 aliphatic heterocycles. The summed E-state index contributed by atoms with van der Waals surface area (Å²) in [4.78, 5) is 0. The van der Waals surface area contributed by atoms with E-state index in [2.05, 4.69) is 73.7 Å². The van der Waals surface area contributed by atoms with Gasteiger partial charge >= 0.3 is 0 Å². The summed E-state index contributed by atoms with van der Waals surface area (Å²) in [7, 11) is -1.50. The SMILES string of the molecule is CC(C)(O[Si](C)(C)C)c1ccc(Br)cc1. The second-order valence-electron chi connectivity index (χ2n) is 5.23. The molecular weight excluding hydrogens is 268 g/mol. The average Bonchev–Trinajstić information content (AvgIpc) is 2.00. The van der Waals surface area contributed by atoms with Crippen LogP contribution < -0.4 is 0 Å². The molecule has 0 spiro atoms. The smallest absolute Gasteiger partial charge is 0.184 e. The van der Waals surface area contributed by atoms with Gasteiger partial charge in [0.1, 0.15) is 0 Å². The van der Waals surface area contributed by atoms with Gasteiger partial charge in [0, 0.05) is 4.47 Å². The predicted molar refractivity (Wildman–Crippen MR) is 71.6 cm³/mol. The van der Waals surface area contributed by atoms with Crippen LogP contribution in [0.2, 0.25) is 19.6 Å². The summed E-state index contributed by atoms with van der Waals surface area (Å²) in [6.07, 6.45) is 0. The lowest BCUT2D eigenvalue weighted by Gasteiger charge is -2.33.